The van der Waals surface area contributed by atoms with E-state index in [1.54, 1.807) is 6.07 Å². The highest BCUT2D eigenvalue weighted by atomic mass is 19.2. The Morgan fingerprint density at radius 2 is 1.95 bits per heavy atom. The summed E-state index contributed by atoms with van der Waals surface area (Å²) in [6, 6.07) is 9.45. The van der Waals surface area contributed by atoms with Crippen molar-refractivity contribution in [3.05, 3.63) is 59.2 Å². The standard InChI is InChI=1S/C15H15F2NO/c1-2-10-6-7-14(13(18)8-10)19-9-11-4-3-5-12(16)15(11)17/h3-8H,2,9,18H2,1H3. The van der Waals surface area contributed by atoms with Crippen molar-refractivity contribution < 1.29 is 13.5 Å². The van der Waals surface area contributed by atoms with Gasteiger partial charge in [0.05, 0.1) is 5.69 Å². The fraction of sp³-hybridized carbons (Fsp3) is 0.200. The van der Waals surface area contributed by atoms with Crippen LogP contribution in [0.1, 0.15) is 18.1 Å². The predicted molar refractivity (Wildman–Crippen MR) is 70.9 cm³/mol. The van der Waals surface area contributed by atoms with Gasteiger partial charge >= 0.3 is 0 Å². The van der Waals surface area contributed by atoms with Gasteiger partial charge in [-0.3, -0.25) is 0 Å². The first-order valence-electron chi connectivity index (χ1n) is 6.06. The summed E-state index contributed by atoms with van der Waals surface area (Å²) < 4.78 is 31.9. The van der Waals surface area contributed by atoms with E-state index in [1.807, 2.05) is 19.1 Å². The van der Waals surface area contributed by atoms with E-state index in [-0.39, 0.29) is 12.2 Å². The lowest BCUT2D eigenvalue weighted by Gasteiger charge is -2.10. The Hall–Kier alpha value is -2.10. The monoisotopic (exact) mass is 263 g/mol. The second-order valence-electron chi connectivity index (χ2n) is 4.23. The smallest absolute Gasteiger partial charge is 0.165 e. The van der Waals surface area contributed by atoms with Gasteiger partial charge in [0.15, 0.2) is 11.6 Å². The van der Waals surface area contributed by atoms with Crippen molar-refractivity contribution in [3.8, 4) is 5.75 Å². The lowest BCUT2D eigenvalue weighted by atomic mass is 10.1. The summed E-state index contributed by atoms with van der Waals surface area (Å²) in [5.41, 5.74) is 7.60. The summed E-state index contributed by atoms with van der Waals surface area (Å²) in [6.45, 7) is 1.97. The normalized spacial score (nSPS) is 10.5. The van der Waals surface area contributed by atoms with Crippen molar-refractivity contribution in [3.63, 3.8) is 0 Å². The van der Waals surface area contributed by atoms with E-state index in [2.05, 4.69) is 0 Å². The molecular weight excluding hydrogens is 248 g/mol. The van der Waals surface area contributed by atoms with Crippen LogP contribution in [0, 0.1) is 11.6 Å². The molecule has 2 aromatic carbocycles. The molecule has 0 spiro atoms. The van der Waals surface area contributed by atoms with Gasteiger partial charge in [-0.25, -0.2) is 8.78 Å². The maximum atomic E-state index is 13.4. The number of benzene rings is 2. The maximum Gasteiger partial charge on any atom is 0.165 e. The van der Waals surface area contributed by atoms with Gasteiger partial charge < -0.3 is 10.5 Å². The van der Waals surface area contributed by atoms with Crippen LogP contribution >= 0.6 is 0 Å². The number of halogens is 2. The van der Waals surface area contributed by atoms with Crippen molar-refractivity contribution in [1.29, 1.82) is 0 Å². The van der Waals surface area contributed by atoms with Crippen molar-refractivity contribution in [2.45, 2.75) is 20.0 Å². The number of aryl methyl sites for hydroxylation is 1. The molecule has 0 radical (unpaired) electrons. The molecule has 0 saturated heterocycles. The van der Waals surface area contributed by atoms with Gasteiger partial charge in [-0.05, 0) is 30.2 Å². The van der Waals surface area contributed by atoms with Gasteiger partial charge in [0, 0.05) is 5.56 Å². The molecule has 0 heterocycles. The minimum absolute atomic E-state index is 0.0563. The van der Waals surface area contributed by atoms with Crippen LogP contribution in [0.4, 0.5) is 14.5 Å². The van der Waals surface area contributed by atoms with E-state index in [0.29, 0.717) is 11.4 Å². The Morgan fingerprint density at radius 3 is 2.63 bits per heavy atom. The SMILES string of the molecule is CCc1ccc(OCc2cccc(F)c2F)c(N)c1. The molecule has 0 aliphatic carbocycles. The van der Waals surface area contributed by atoms with E-state index >= 15 is 0 Å². The van der Waals surface area contributed by atoms with E-state index in [0.717, 1.165) is 18.1 Å². The summed E-state index contributed by atoms with van der Waals surface area (Å²) in [7, 11) is 0. The third kappa shape index (κ3) is 3.02. The van der Waals surface area contributed by atoms with Crippen molar-refractivity contribution in [1.82, 2.24) is 0 Å². The number of hydrogen-bond donors (Lipinski definition) is 1. The van der Waals surface area contributed by atoms with Crippen LogP contribution in [-0.2, 0) is 13.0 Å². The molecule has 0 saturated carbocycles. The number of nitrogen functional groups attached to an aromatic ring is 1. The highest BCUT2D eigenvalue weighted by Crippen LogP contribution is 2.24. The van der Waals surface area contributed by atoms with Crippen LogP contribution in [-0.4, -0.2) is 0 Å². The number of nitrogens with two attached hydrogens (primary N) is 1. The summed E-state index contributed by atoms with van der Waals surface area (Å²) in [6.07, 6.45) is 0.878. The minimum Gasteiger partial charge on any atom is -0.487 e. The largest absolute Gasteiger partial charge is 0.487 e. The van der Waals surface area contributed by atoms with Crippen LogP contribution in [0.5, 0.6) is 5.75 Å². The molecule has 0 amide bonds. The quantitative estimate of drug-likeness (QED) is 0.854. The molecule has 2 rings (SSSR count). The second kappa shape index (κ2) is 5.69. The molecule has 100 valence electrons. The molecule has 0 unspecified atom stereocenters. The van der Waals surface area contributed by atoms with Crippen LogP contribution in [0.3, 0.4) is 0 Å². The Bertz CT molecular complexity index is 584. The highest BCUT2D eigenvalue weighted by Gasteiger charge is 2.09. The van der Waals surface area contributed by atoms with Gasteiger partial charge in [-0.15, -0.1) is 0 Å². The van der Waals surface area contributed by atoms with Crippen LogP contribution < -0.4 is 10.5 Å². The average molecular weight is 263 g/mol. The molecule has 0 atom stereocenters. The number of anilines is 1. The maximum absolute atomic E-state index is 13.4. The van der Waals surface area contributed by atoms with E-state index in [9.17, 15) is 8.78 Å². The number of hydrogen-bond acceptors (Lipinski definition) is 2. The summed E-state index contributed by atoms with van der Waals surface area (Å²) in [4.78, 5) is 0. The Kier molecular flexibility index (Phi) is 4.00. The summed E-state index contributed by atoms with van der Waals surface area (Å²) in [5.74, 6) is -1.29. The van der Waals surface area contributed by atoms with Crippen LogP contribution in [0.2, 0.25) is 0 Å². The van der Waals surface area contributed by atoms with Gasteiger partial charge in [-0.1, -0.05) is 25.1 Å². The van der Waals surface area contributed by atoms with Crippen molar-refractivity contribution in [2.24, 2.45) is 0 Å². The molecule has 0 aliphatic heterocycles. The molecule has 19 heavy (non-hydrogen) atoms. The summed E-state index contributed by atoms with van der Waals surface area (Å²) in [5, 5.41) is 0. The van der Waals surface area contributed by atoms with Crippen molar-refractivity contribution in [2.75, 3.05) is 5.73 Å². The third-order valence-electron chi connectivity index (χ3n) is 2.90. The molecule has 2 N–H and O–H groups in total. The average Bonchev–Trinajstić information content (AvgIpc) is 2.41. The van der Waals surface area contributed by atoms with E-state index in [1.165, 1.54) is 12.1 Å². The molecule has 0 aliphatic rings. The van der Waals surface area contributed by atoms with Gasteiger partial charge in [0.2, 0.25) is 0 Å². The van der Waals surface area contributed by atoms with Crippen LogP contribution in [0.15, 0.2) is 36.4 Å². The van der Waals surface area contributed by atoms with Crippen LogP contribution in [0.25, 0.3) is 0 Å². The van der Waals surface area contributed by atoms with E-state index in [4.69, 9.17) is 10.5 Å². The fourth-order valence-corrected chi connectivity index (χ4v) is 1.76. The second-order valence-corrected chi connectivity index (χ2v) is 4.23. The van der Waals surface area contributed by atoms with Gasteiger partial charge in [0.25, 0.3) is 0 Å². The van der Waals surface area contributed by atoms with E-state index < -0.39 is 11.6 Å². The number of ether oxygens (including phenoxy) is 1. The van der Waals surface area contributed by atoms with Gasteiger partial charge in [0.1, 0.15) is 12.4 Å². The Balaban J connectivity index is 2.12. The zero-order valence-electron chi connectivity index (χ0n) is 10.6. The fourth-order valence-electron chi connectivity index (χ4n) is 1.76. The number of rotatable bonds is 4. The highest BCUT2D eigenvalue weighted by molar-refractivity contribution is 5.54. The molecule has 2 nitrogen and oxygen atoms in total. The minimum atomic E-state index is -0.883. The molecule has 0 aromatic heterocycles. The zero-order valence-corrected chi connectivity index (χ0v) is 10.6. The molecule has 4 heteroatoms. The first kappa shape index (κ1) is 13.3. The van der Waals surface area contributed by atoms with Crippen molar-refractivity contribution >= 4 is 5.69 Å². The third-order valence-corrected chi connectivity index (χ3v) is 2.90. The Labute approximate surface area is 110 Å². The lowest BCUT2D eigenvalue weighted by Crippen LogP contribution is -2.02. The molecule has 0 bridgehead atoms. The molecule has 0 fully saturated rings. The zero-order chi connectivity index (χ0) is 13.8. The first-order chi connectivity index (χ1) is 9.11. The first-order valence-corrected chi connectivity index (χ1v) is 6.06. The predicted octanol–water partition coefficient (Wildman–Crippen LogP) is 3.69. The molecular formula is C15H15F2NO. The molecule has 2 aromatic rings. The van der Waals surface area contributed by atoms with Gasteiger partial charge in [-0.2, -0.15) is 0 Å². The summed E-state index contributed by atoms with van der Waals surface area (Å²) >= 11 is 0. The topological polar surface area (TPSA) is 35.2 Å². The Morgan fingerprint density at radius 1 is 1.16 bits per heavy atom. The lowest BCUT2D eigenvalue weighted by molar-refractivity contribution is 0.298.